The van der Waals surface area contributed by atoms with Gasteiger partial charge in [-0.05, 0) is 25.5 Å². The molecule has 10 nitrogen and oxygen atoms in total. The van der Waals surface area contributed by atoms with Gasteiger partial charge in [0, 0.05) is 19.7 Å². The van der Waals surface area contributed by atoms with Gasteiger partial charge in [-0.3, -0.25) is 14.6 Å². The molecule has 164 valence electrons. The number of hydrogen-bond donors (Lipinski definition) is 1. The van der Waals surface area contributed by atoms with Crippen LogP contribution < -0.4 is 15.1 Å². The average molecular weight is 439 g/mol. The summed E-state index contributed by atoms with van der Waals surface area (Å²) in [5, 5.41) is 8.34. The fourth-order valence-electron chi connectivity index (χ4n) is 2.99. The fourth-order valence-corrected chi connectivity index (χ4v) is 4.42. The van der Waals surface area contributed by atoms with Crippen molar-refractivity contribution < 1.29 is 27.3 Å². The number of sulfonamides is 1. The largest absolute Gasteiger partial charge is 0.372 e. The second kappa shape index (κ2) is 10.0. The van der Waals surface area contributed by atoms with Gasteiger partial charge in [-0.1, -0.05) is 31.0 Å². The summed E-state index contributed by atoms with van der Waals surface area (Å²) in [4.78, 5) is 13.6. The highest BCUT2D eigenvalue weighted by Crippen LogP contribution is 2.17. The molecule has 0 radical (unpaired) electrons. The van der Waals surface area contributed by atoms with Gasteiger partial charge < -0.3 is 4.74 Å². The van der Waals surface area contributed by atoms with E-state index in [9.17, 15) is 13.2 Å². The molecule has 0 spiro atoms. The molecule has 0 aliphatic carbocycles. The fraction of sp³-hybridized carbons (Fsp3) is 0.526. The molecule has 1 N–H and O–H groups in total. The summed E-state index contributed by atoms with van der Waals surface area (Å²) in [6.45, 7) is 5.99. The maximum Gasteiger partial charge on any atom is 0.305 e. The smallest absolute Gasteiger partial charge is 0.305 e. The second-order valence-corrected chi connectivity index (χ2v) is 9.05. The Morgan fingerprint density at radius 1 is 1.23 bits per heavy atom. The van der Waals surface area contributed by atoms with Crippen molar-refractivity contribution >= 4 is 21.8 Å². The summed E-state index contributed by atoms with van der Waals surface area (Å²) in [5.74, 6) is -0.114. The predicted octanol–water partition coefficient (Wildman–Crippen LogP) is 0.668. The van der Waals surface area contributed by atoms with Crippen molar-refractivity contribution in [2.75, 3.05) is 49.7 Å². The van der Waals surface area contributed by atoms with E-state index in [-0.39, 0.29) is 18.4 Å². The summed E-state index contributed by atoms with van der Waals surface area (Å²) in [5.41, 5.74) is 1.01. The van der Waals surface area contributed by atoms with Crippen LogP contribution in [0.25, 0.3) is 0 Å². The Labute approximate surface area is 176 Å². The Morgan fingerprint density at radius 3 is 2.60 bits per heavy atom. The Kier molecular flexibility index (Phi) is 7.40. The van der Waals surface area contributed by atoms with Crippen molar-refractivity contribution in [2.24, 2.45) is 0 Å². The third-order valence-corrected chi connectivity index (χ3v) is 6.67. The molecule has 2 aromatic rings. The summed E-state index contributed by atoms with van der Waals surface area (Å²) < 4.78 is 37.5. The van der Waals surface area contributed by atoms with Crippen LogP contribution in [0.3, 0.4) is 0 Å². The van der Waals surface area contributed by atoms with Crippen LogP contribution in [0.15, 0.2) is 39.9 Å². The lowest BCUT2D eigenvalue weighted by Gasteiger charge is -2.29. The minimum Gasteiger partial charge on any atom is -0.372 e. The normalized spacial score (nSPS) is 15.3. The molecule has 3 rings (SSSR count). The molecule has 1 aliphatic heterocycles. The van der Waals surface area contributed by atoms with Crippen LogP contribution in [-0.2, 0) is 19.6 Å². The van der Waals surface area contributed by atoms with Gasteiger partial charge in [0.1, 0.15) is 6.61 Å². The van der Waals surface area contributed by atoms with E-state index in [1.807, 2.05) is 11.9 Å². The summed E-state index contributed by atoms with van der Waals surface area (Å²) in [7, 11) is -3.53. The lowest BCUT2D eigenvalue weighted by atomic mass is 10.2. The number of carbonyl (C=O) groups is 1. The molecule has 30 heavy (non-hydrogen) atoms. The predicted molar refractivity (Wildman–Crippen MR) is 109 cm³/mol. The van der Waals surface area contributed by atoms with Crippen molar-refractivity contribution in [3.05, 3.63) is 36.0 Å². The van der Waals surface area contributed by atoms with Gasteiger partial charge in [-0.2, -0.15) is 9.31 Å². The first-order chi connectivity index (χ1) is 14.4. The quantitative estimate of drug-likeness (QED) is 0.453. The van der Waals surface area contributed by atoms with Gasteiger partial charge in [0.2, 0.25) is 15.3 Å². The van der Waals surface area contributed by atoms with Crippen molar-refractivity contribution in [3.63, 3.8) is 0 Å². The first-order valence-corrected chi connectivity index (χ1v) is 11.4. The second-order valence-electron chi connectivity index (χ2n) is 7.11. The number of carbonyl (C=O) groups excluding carboxylic acids is 1. The molecular weight excluding hydrogens is 410 g/mol. The number of rotatable bonds is 9. The molecule has 0 saturated carbocycles. The third kappa shape index (κ3) is 5.55. The van der Waals surface area contributed by atoms with Gasteiger partial charge in [-0.25, -0.2) is 8.42 Å². The molecule has 1 saturated heterocycles. The van der Waals surface area contributed by atoms with Crippen LogP contribution in [0.2, 0.25) is 0 Å². The van der Waals surface area contributed by atoms with E-state index in [4.69, 9.17) is 9.26 Å². The molecule has 1 aromatic heterocycles. The first-order valence-electron chi connectivity index (χ1n) is 9.98. The number of amides is 1. The Balaban J connectivity index is 1.52. The average Bonchev–Trinajstić information content (AvgIpc) is 3.20. The van der Waals surface area contributed by atoms with Crippen molar-refractivity contribution in [2.45, 2.75) is 31.6 Å². The minimum absolute atomic E-state index is 0.0454. The number of hydrogen-bond acceptors (Lipinski definition) is 7. The van der Waals surface area contributed by atoms with E-state index in [0.29, 0.717) is 37.7 Å². The van der Waals surface area contributed by atoms with Crippen LogP contribution in [0.4, 0.5) is 5.88 Å². The zero-order valence-corrected chi connectivity index (χ0v) is 18.1. The summed E-state index contributed by atoms with van der Waals surface area (Å²) >= 11 is 0. The maximum atomic E-state index is 12.8. The molecular formula is C19H28N5O5S+. The van der Waals surface area contributed by atoms with Crippen molar-refractivity contribution in [1.29, 1.82) is 0 Å². The van der Waals surface area contributed by atoms with E-state index in [1.165, 1.54) is 9.10 Å². The number of nitrogens with one attached hydrogen (secondary N) is 1. The van der Waals surface area contributed by atoms with E-state index in [2.05, 4.69) is 17.5 Å². The molecule has 2 heterocycles. The number of anilines is 1. The highest BCUT2D eigenvalue weighted by atomic mass is 32.2. The highest BCUT2D eigenvalue weighted by Gasteiger charge is 2.32. The van der Waals surface area contributed by atoms with Gasteiger partial charge in [0.25, 0.3) is 12.1 Å². The van der Waals surface area contributed by atoms with E-state index >= 15 is 0 Å². The third-order valence-electron chi connectivity index (χ3n) is 4.76. The monoisotopic (exact) mass is 438 g/mol. The standard InChI is InChI=1S/C19H27N5O5S/c1-3-4-13-28-15-18(25)20-19-14-24(21-29-19)22-9-11-23(12-10-22)30(26,27)17-7-5-16(2)6-8-17/h5-8,14H,3-4,9-13,15H2,1-2H3/p+1. The van der Waals surface area contributed by atoms with Gasteiger partial charge in [0.05, 0.1) is 22.8 Å². The van der Waals surface area contributed by atoms with Gasteiger partial charge in [-0.15, -0.1) is 0 Å². The number of nitrogens with zero attached hydrogens (tertiary/aromatic N) is 4. The topological polar surface area (TPSA) is 109 Å². The summed E-state index contributed by atoms with van der Waals surface area (Å²) in [6.07, 6.45) is 3.46. The molecule has 0 unspecified atom stereocenters. The van der Waals surface area contributed by atoms with Crippen LogP contribution in [0.1, 0.15) is 25.3 Å². The first kappa shape index (κ1) is 22.2. The van der Waals surface area contributed by atoms with Crippen LogP contribution >= 0.6 is 0 Å². The Morgan fingerprint density at radius 2 is 1.93 bits per heavy atom. The lowest BCUT2D eigenvalue weighted by molar-refractivity contribution is -0.759. The number of piperazine rings is 1. The molecule has 11 heteroatoms. The molecule has 1 amide bonds. The number of aryl methyl sites for hydroxylation is 1. The zero-order chi connectivity index (χ0) is 21.6. The number of benzene rings is 1. The summed E-state index contributed by atoms with van der Waals surface area (Å²) in [6, 6.07) is 6.84. The Bertz CT molecular complexity index is 936. The Hall–Kier alpha value is -2.50. The number of unbranched alkanes of at least 4 members (excludes halogenated alkanes) is 1. The minimum atomic E-state index is -3.53. The van der Waals surface area contributed by atoms with Gasteiger partial charge in [0.15, 0.2) is 0 Å². The van der Waals surface area contributed by atoms with E-state index in [0.717, 1.165) is 18.4 Å². The highest BCUT2D eigenvalue weighted by molar-refractivity contribution is 7.89. The number of ether oxygens (including phenoxy) is 1. The maximum absolute atomic E-state index is 12.8. The molecule has 1 aliphatic rings. The van der Waals surface area contributed by atoms with Crippen molar-refractivity contribution in [3.8, 4) is 0 Å². The molecule has 0 bridgehead atoms. The van der Waals surface area contributed by atoms with E-state index in [1.54, 1.807) is 30.5 Å². The molecule has 1 aromatic carbocycles. The van der Waals surface area contributed by atoms with Crippen LogP contribution in [-0.4, -0.2) is 63.3 Å². The lowest BCUT2D eigenvalue weighted by Crippen LogP contribution is -2.65. The van der Waals surface area contributed by atoms with E-state index < -0.39 is 10.0 Å². The van der Waals surface area contributed by atoms with Gasteiger partial charge >= 0.3 is 5.88 Å². The van der Waals surface area contributed by atoms with Crippen molar-refractivity contribution in [1.82, 2.24) is 9.58 Å². The SMILES string of the molecule is CCCCOCC(=O)Nc1c[n+](N2CCN(S(=O)(=O)c3ccc(C)cc3)CC2)no1. The molecule has 1 fully saturated rings. The zero-order valence-electron chi connectivity index (χ0n) is 17.3. The van der Waals surface area contributed by atoms with Crippen LogP contribution in [0.5, 0.6) is 0 Å². The molecule has 0 atom stereocenters. The van der Waals surface area contributed by atoms with Crippen LogP contribution in [0, 0.1) is 6.92 Å². The number of aromatic nitrogens is 2.